The maximum Gasteiger partial charge on any atom is 0.259 e. The van der Waals surface area contributed by atoms with E-state index in [0.717, 1.165) is 44.4 Å². The molecule has 3 fully saturated rings. The Bertz CT molecular complexity index is 899. The molecular formula is C27H38N2O2S. The number of benzene rings is 1. The maximum atomic E-state index is 14.2. The van der Waals surface area contributed by atoms with Crippen molar-refractivity contribution in [3.63, 3.8) is 0 Å². The third kappa shape index (κ3) is 3.34. The fourth-order valence-corrected chi connectivity index (χ4v) is 7.70. The van der Waals surface area contributed by atoms with Gasteiger partial charge in [0.2, 0.25) is 0 Å². The molecule has 3 aliphatic carbocycles. The van der Waals surface area contributed by atoms with Gasteiger partial charge in [-0.15, -0.1) is 0 Å². The molecule has 1 saturated heterocycles. The first-order chi connectivity index (χ1) is 15.4. The van der Waals surface area contributed by atoms with E-state index in [4.69, 9.17) is 17.0 Å². The first-order valence-electron chi connectivity index (χ1n) is 12.7. The number of hydrogen-bond acceptors (Lipinski definition) is 3. The summed E-state index contributed by atoms with van der Waals surface area (Å²) in [5.74, 6) is 0.952. The summed E-state index contributed by atoms with van der Waals surface area (Å²) in [7, 11) is 1.81. The van der Waals surface area contributed by atoms with Gasteiger partial charge in [-0.1, -0.05) is 50.3 Å². The Morgan fingerprint density at radius 2 is 1.88 bits per heavy atom. The number of carbonyl (C=O) groups is 1. The highest BCUT2D eigenvalue weighted by Crippen LogP contribution is 2.60. The summed E-state index contributed by atoms with van der Waals surface area (Å²) >= 11 is 5.76. The summed E-state index contributed by atoms with van der Waals surface area (Å²) in [4.78, 5) is 16.1. The van der Waals surface area contributed by atoms with Crippen LogP contribution >= 0.6 is 12.2 Å². The van der Waals surface area contributed by atoms with Crippen LogP contribution in [0.4, 0.5) is 0 Å². The molecule has 2 saturated carbocycles. The second kappa shape index (κ2) is 8.39. The van der Waals surface area contributed by atoms with Crippen LogP contribution < -0.4 is 5.32 Å². The topological polar surface area (TPSA) is 41.6 Å². The average Bonchev–Trinajstić information content (AvgIpc) is 3.21. The second-order valence-electron chi connectivity index (χ2n) is 11.0. The first kappa shape index (κ1) is 22.3. The SMILES string of the molecule is COC1CCC2(CC1)Cc1ccc(CC3CCCCC3)cc1C21NC(=S)N(C(C)C)C1=O. The van der Waals surface area contributed by atoms with Crippen LogP contribution in [0.3, 0.4) is 0 Å². The number of nitrogens with one attached hydrogen (secondary N) is 1. The van der Waals surface area contributed by atoms with E-state index < -0.39 is 5.54 Å². The smallest absolute Gasteiger partial charge is 0.259 e. The molecule has 1 aromatic carbocycles. The third-order valence-electron chi connectivity index (χ3n) is 8.94. The summed E-state index contributed by atoms with van der Waals surface area (Å²) in [6.45, 7) is 4.13. The molecule has 1 heterocycles. The summed E-state index contributed by atoms with van der Waals surface area (Å²) < 4.78 is 5.69. The van der Waals surface area contributed by atoms with Gasteiger partial charge in [-0.25, -0.2) is 0 Å². The Morgan fingerprint density at radius 3 is 2.50 bits per heavy atom. The van der Waals surface area contributed by atoms with Gasteiger partial charge in [0.25, 0.3) is 5.91 Å². The van der Waals surface area contributed by atoms with Crippen LogP contribution in [0.15, 0.2) is 18.2 Å². The summed E-state index contributed by atoms with van der Waals surface area (Å²) in [6.07, 6.45) is 13.2. The van der Waals surface area contributed by atoms with Crippen molar-refractivity contribution in [2.75, 3.05) is 7.11 Å². The maximum absolute atomic E-state index is 14.2. The predicted octanol–water partition coefficient (Wildman–Crippen LogP) is 5.26. The molecule has 0 aromatic heterocycles. The fourth-order valence-electron chi connectivity index (χ4n) is 7.25. The molecule has 1 aromatic rings. The molecule has 1 N–H and O–H groups in total. The molecule has 4 aliphatic rings. The molecule has 1 unspecified atom stereocenters. The van der Waals surface area contributed by atoms with E-state index in [1.807, 2.05) is 12.0 Å². The van der Waals surface area contributed by atoms with Crippen LogP contribution in [-0.4, -0.2) is 35.2 Å². The molecule has 2 spiro atoms. The predicted molar refractivity (Wildman–Crippen MR) is 132 cm³/mol. The monoisotopic (exact) mass is 454 g/mol. The molecule has 1 amide bonds. The molecule has 1 aliphatic heterocycles. The van der Waals surface area contributed by atoms with Crippen molar-refractivity contribution >= 4 is 23.2 Å². The zero-order valence-corrected chi connectivity index (χ0v) is 20.7. The van der Waals surface area contributed by atoms with E-state index in [9.17, 15) is 4.79 Å². The van der Waals surface area contributed by atoms with Gasteiger partial charge >= 0.3 is 0 Å². The lowest BCUT2D eigenvalue weighted by Crippen LogP contribution is -2.57. The number of amides is 1. The third-order valence-corrected chi connectivity index (χ3v) is 9.24. The number of fused-ring (bicyclic) bond motifs is 3. The lowest BCUT2D eigenvalue weighted by atomic mass is 9.61. The van der Waals surface area contributed by atoms with Gasteiger partial charge in [0.1, 0.15) is 0 Å². The number of carbonyl (C=O) groups excluding carboxylic acids is 1. The molecule has 32 heavy (non-hydrogen) atoms. The minimum atomic E-state index is -0.717. The highest BCUT2D eigenvalue weighted by atomic mass is 32.1. The van der Waals surface area contributed by atoms with Crippen LogP contribution in [-0.2, 0) is 27.9 Å². The van der Waals surface area contributed by atoms with E-state index in [1.165, 1.54) is 48.8 Å². The highest BCUT2D eigenvalue weighted by molar-refractivity contribution is 7.80. The van der Waals surface area contributed by atoms with Gasteiger partial charge < -0.3 is 10.1 Å². The van der Waals surface area contributed by atoms with E-state index >= 15 is 0 Å². The number of methoxy groups -OCH3 is 1. The molecule has 5 heteroatoms. The van der Waals surface area contributed by atoms with Crippen LogP contribution in [0.5, 0.6) is 0 Å². The average molecular weight is 455 g/mol. The Kier molecular flexibility index (Phi) is 5.86. The van der Waals surface area contributed by atoms with Crippen molar-refractivity contribution in [2.24, 2.45) is 11.3 Å². The molecular weight excluding hydrogens is 416 g/mol. The second-order valence-corrected chi connectivity index (χ2v) is 11.4. The zero-order valence-electron chi connectivity index (χ0n) is 19.9. The normalized spacial score (nSPS) is 32.9. The fraction of sp³-hybridized carbons (Fsp3) is 0.704. The van der Waals surface area contributed by atoms with Crippen LogP contribution in [0, 0.1) is 11.3 Å². The van der Waals surface area contributed by atoms with E-state index in [1.54, 1.807) is 0 Å². The minimum absolute atomic E-state index is 0.0590. The Hall–Kier alpha value is -1.46. The Morgan fingerprint density at radius 1 is 1.16 bits per heavy atom. The molecule has 1 atom stereocenters. The lowest BCUT2D eigenvalue weighted by Gasteiger charge is -2.46. The highest BCUT2D eigenvalue weighted by Gasteiger charge is 2.67. The van der Waals surface area contributed by atoms with Crippen LogP contribution in [0.25, 0.3) is 0 Å². The van der Waals surface area contributed by atoms with Crippen LogP contribution in [0.1, 0.15) is 88.3 Å². The summed E-state index contributed by atoms with van der Waals surface area (Å²) in [5.41, 5.74) is 3.09. The first-order valence-corrected chi connectivity index (χ1v) is 13.1. The number of hydrogen-bond donors (Lipinski definition) is 1. The van der Waals surface area contributed by atoms with Crippen molar-refractivity contribution in [3.8, 4) is 0 Å². The van der Waals surface area contributed by atoms with Gasteiger partial charge in [0.05, 0.1) is 6.10 Å². The van der Waals surface area contributed by atoms with E-state index in [-0.39, 0.29) is 17.4 Å². The molecule has 0 bridgehead atoms. The van der Waals surface area contributed by atoms with Gasteiger partial charge in [0, 0.05) is 18.6 Å². The van der Waals surface area contributed by atoms with Crippen LogP contribution in [0.2, 0.25) is 0 Å². The zero-order chi connectivity index (χ0) is 22.5. The Labute approximate surface area is 198 Å². The lowest BCUT2D eigenvalue weighted by molar-refractivity contribution is -0.139. The van der Waals surface area contributed by atoms with Crippen molar-refractivity contribution in [3.05, 3.63) is 34.9 Å². The number of nitrogens with zero attached hydrogens (tertiary/aromatic N) is 1. The number of rotatable bonds is 4. The summed E-state index contributed by atoms with van der Waals surface area (Å²) in [5, 5.41) is 4.26. The van der Waals surface area contributed by atoms with Crippen molar-refractivity contribution in [1.29, 1.82) is 0 Å². The van der Waals surface area contributed by atoms with Crippen molar-refractivity contribution in [1.82, 2.24) is 10.2 Å². The standard InChI is InChI=1S/C27H38N2O2S/c1-18(2)29-24(30)27(28-25(29)32)23-16-20(15-19-7-5-4-6-8-19)9-10-21(23)17-26(27)13-11-22(31-3)12-14-26/h9-10,16,18-19,22H,4-8,11-15,17H2,1-3H3,(H,28,32). The van der Waals surface area contributed by atoms with Crippen molar-refractivity contribution < 1.29 is 9.53 Å². The molecule has 5 rings (SSSR count). The summed E-state index contributed by atoms with van der Waals surface area (Å²) in [6, 6.07) is 7.09. The number of thiocarbonyl (C=S) groups is 1. The van der Waals surface area contributed by atoms with Gasteiger partial charge in [-0.05, 0) is 87.2 Å². The van der Waals surface area contributed by atoms with Gasteiger partial charge in [0.15, 0.2) is 10.7 Å². The van der Waals surface area contributed by atoms with E-state index in [2.05, 4.69) is 37.4 Å². The molecule has 174 valence electrons. The van der Waals surface area contributed by atoms with Crippen molar-refractivity contribution in [2.45, 2.75) is 102 Å². The number of ether oxygens (including phenoxy) is 1. The largest absolute Gasteiger partial charge is 0.381 e. The quantitative estimate of drug-likeness (QED) is 0.630. The van der Waals surface area contributed by atoms with Gasteiger partial charge in [-0.3, -0.25) is 9.69 Å². The molecule has 0 radical (unpaired) electrons. The van der Waals surface area contributed by atoms with E-state index in [0.29, 0.717) is 11.2 Å². The molecule has 4 nitrogen and oxygen atoms in total. The van der Waals surface area contributed by atoms with Gasteiger partial charge in [-0.2, -0.15) is 0 Å². The Balaban J connectivity index is 1.56. The minimum Gasteiger partial charge on any atom is -0.381 e.